The largest absolute Gasteiger partial charge is 0.271 e. The SMILES string of the molecule is Cc1ccc(SCC(Cc2ccc(Br)cn2)NN)cc1. The monoisotopic (exact) mass is 351 g/mol. The third-order valence-electron chi connectivity index (χ3n) is 2.95. The first-order valence-corrected chi connectivity index (χ1v) is 8.21. The Kier molecular flexibility index (Phi) is 6.04. The van der Waals surface area contributed by atoms with E-state index >= 15 is 0 Å². The molecule has 1 atom stereocenters. The van der Waals surface area contributed by atoms with Gasteiger partial charge in [0.05, 0.1) is 0 Å². The first-order valence-electron chi connectivity index (χ1n) is 6.43. The van der Waals surface area contributed by atoms with E-state index in [2.05, 4.69) is 57.5 Å². The molecule has 0 fully saturated rings. The lowest BCUT2D eigenvalue weighted by atomic mass is 10.2. The number of nitrogens with one attached hydrogen (secondary N) is 1. The number of aromatic nitrogens is 1. The third-order valence-corrected chi connectivity index (χ3v) is 4.60. The molecule has 1 unspecified atom stereocenters. The highest BCUT2D eigenvalue weighted by Crippen LogP contribution is 2.20. The summed E-state index contributed by atoms with van der Waals surface area (Å²) >= 11 is 5.19. The number of aryl methyl sites for hydroxylation is 1. The molecular formula is C15H18BrN3S. The van der Waals surface area contributed by atoms with Gasteiger partial charge in [-0.05, 0) is 47.1 Å². The summed E-state index contributed by atoms with van der Waals surface area (Å²) < 4.78 is 0.993. The van der Waals surface area contributed by atoms with Gasteiger partial charge in [-0.1, -0.05) is 17.7 Å². The highest BCUT2D eigenvalue weighted by Gasteiger charge is 2.09. The standard InChI is InChI=1S/C15H18BrN3S/c1-11-2-6-15(7-3-11)20-10-14(19-17)8-13-5-4-12(16)9-18-13/h2-7,9,14,19H,8,10,17H2,1H3. The van der Waals surface area contributed by atoms with Crippen LogP contribution in [-0.4, -0.2) is 16.8 Å². The maximum absolute atomic E-state index is 5.64. The topological polar surface area (TPSA) is 50.9 Å². The van der Waals surface area contributed by atoms with Gasteiger partial charge in [0.1, 0.15) is 0 Å². The van der Waals surface area contributed by atoms with E-state index in [0.717, 1.165) is 22.3 Å². The van der Waals surface area contributed by atoms with Crippen molar-refractivity contribution in [3.8, 4) is 0 Å². The summed E-state index contributed by atoms with van der Waals surface area (Å²) in [6.07, 6.45) is 2.64. The molecule has 0 bridgehead atoms. The minimum absolute atomic E-state index is 0.204. The van der Waals surface area contributed by atoms with Crippen molar-refractivity contribution in [2.75, 3.05) is 5.75 Å². The first kappa shape index (κ1) is 15.5. The summed E-state index contributed by atoms with van der Waals surface area (Å²) in [7, 11) is 0. The Bertz CT molecular complexity index is 528. The van der Waals surface area contributed by atoms with Crippen LogP contribution in [0.2, 0.25) is 0 Å². The number of rotatable bonds is 6. The summed E-state index contributed by atoms with van der Waals surface area (Å²) in [6, 6.07) is 12.8. The number of nitrogens with two attached hydrogens (primary N) is 1. The highest BCUT2D eigenvalue weighted by atomic mass is 79.9. The van der Waals surface area contributed by atoms with Crippen molar-refractivity contribution in [3.63, 3.8) is 0 Å². The average molecular weight is 352 g/mol. The molecule has 2 rings (SSSR count). The molecule has 1 aromatic heterocycles. The van der Waals surface area contributed by atoms with Gasteiger partial charge in [-0.15, -0.1) is 11.8 Å². The van der Waals surface area contributed by atoms with Crippen LogP contribution in [0.4, 0.5) is 0 Å². The van der Waals surface area contributed by atoms with Crippen LogP contribution in [0.5, 0.6) is 0 Å². The Morgan fingerprint density at radius 1 is 1.25 bits per heavy atom. The fraction of sp³-hybridized carbons (Fsp3) is 0.267. The molecule has 3 nitrogen and oxygen atoms in total. The molecule has 0 radical (unpaired) electrons. The Labute approximate surface area is 132 Å². The normalized spacial score (nSPS) is 12.3. The predicted molar refractivity (Wildman–Crippen MR) is 88.7 cm³/mol. The van der Waals surface area contributed by atoms with Gasteiger partial charge in [-0.25, -0.2) is 0 Å². The van der Waals surface area contributed by atoms with Gasteiger partial charge in [-0.2, -0.15) is 0 Å². The molecule has 0 amide bonds. The van der Waals surface area contributed by atoms with E-state index < -0.39 is 0 Å². The van der Waals surface area contributed by atoms with Crippen molar-refractivity contribution in [3.05, 3.63) is 58.3 Å². The lowest BCUT2D eigenvalue weighted by Crippen LogP contribution is -2.38. The van der Waals surface area contributed by atoms with Gasteiger partial charge >= 0.3 is 0 Å². The van der Waals surface area contributed by atoms with E-state index in [1.807, 2.05) is 18.3 Å². The van der Waals surface area contributed by atoms with Gasteiger partial charge in [0.15, 0.2) is 0 Å². The summed E-state index contributed by atoms with van der Waals surface area (Å²) in [4.78, 5) is 5.64. The van der Waals surface area contributed by atoms with Crippen LogP contribution in [-0.2, 0) is 6.42 Å². The summed E-state index contributed by atoms with van der Waals surface area (Å²) in [6.45, 7) is 2.10. The van der Waals surface area contributed by atoms with Crippen molar-refractivity contribution in [1.82, 2.24) is 10.4 Å². The van der Waals surface area contributed by atoms with E-state index in [0.29, 0.717) is 0 Å². The second-order valence-electron chi connectivity index (χ2n) is 4.66. The van der Waals surface area contributed by atoms with Crippen LogP contribution in [0.15, 0.2) is 52.0 Å². The van der Waals surface area contributed by atoms with Gasteiger partial charge < -0.3 is 0 Å². The number of benzene rings is 1. The minimum atomic E-state index is 0.204. The van der Waals surface area contributed by atoms with Crippen LogP contribution in [0, 0.1) is 6.92 Å². The molecule has 20 heavy (non-hydrogen) atoms. The zero-order valence-corrected chi connectivity index (χ0v) is 13.7. The van der Waals surface area contributed by atoms with Crippen LogP contribution in [0.25, 0.3) is 0 Å². The van der Waals surface area contributed by atoms with Gasteiger partial charge in [0.2, 0.25) is 0 Å². The Morgan fingerprint density at radius 3 is 2.60 bits per heavy atom. The Balaban J connectivity index is 1.88. The molecule has 5 heteroatoms. The quantitative estimate of drug-likeness (QED) is 0.476. The molecule has 0 aliphatic heterocycles. The van der Waals surface area contributed by atoms with E-state index in [1.165, 1.54) is 10.5 Å². The maximum atomic E-state index is 5.64. The predicted octanol–water partition coefficient (Wildman–Crippen LogP) is 3.32. The fourth-order valence-electron chi connectivity index (χ4n) is 1.78. The summed E-state index contributed by atoms with van der Waals surface area (Å²) in [5, 5.41) is 0. The molecular weight excluding hydrogens is 334 g/mol. The van der Waals surface area contributed by atoms with E-state index in [9.17, 15) is 0 Å². The second-order valence-corrected chi connectivity index (χ2v) is 6.67. The summed E-state index contributed by atoms with van der Waals surface area (Å²) in [5.41, 5.74) is 5.20. The van der Waals surface area contributed by atoms with Gasteiger partial charge in [0, 0.05) is 39.5 Å². The molecule has 0 saturated carbocycles. The highest BCUT2D eigenvalue weighted by molar-refractivity contribution is 9.10. The molecule has 0 aliphatic carbocycles. The smallest absolute Gasteiger partial charge is 0.0420 e. The average Bonchev–Trinajstić information content (AvgIpc) is 2.47. The fourth-order valence-corrected chi connectivity index (χ4v) is 2.95. The van der Waals surface area contributed by atoms with Crippen LogP contribution in [0.3, 0.4) is 0 Å². The first-order chi connectivity index (χ1) is 9.67. The lowest BCUT2D eigenvalue weighted by Gasteiger charge is -2.15. The molecule has 1 heterocycles. The number of pyridine rings is 1. The van der Waals surface area contributed by atoms with Crippen molar-refractivity contribution in [1.29, 1.82) is 0 Å². The van der Waals surface area contributed by atoms with Crippen LogP contribution >= 0.6 is 27.7 Å². The van der Waals surface area contributed by atoms with Gasteiger partial charge in [-0.3, -0.25) is 16.3 Å². The molecule has 1 aromatic carbocycles. The molecule has 0 aliphatic rings. The van der Waals surface area contributed by atoms with E-state index in [-0.39, 0.29) is 6.04 Å². The third kappa shape index (κ3) is 4.90. The van der Waals surface area contributed by atoms with Crippen LogP contribution < -0.4 is 11.3 Å². The van der Waals surface area contributed by atoms with Crippen molar-refractivity contribution < 1.29 is 0 Å². The number of hydrogen-bond donors (Lipinski definition) is 2. The number of nitrogens with zero attached hydrogens (tertiary/aromatic N) is 1. The molecule has 0 saturated heterocycles. The zero-order chi connectivity index (χ0) is 14.4. The number of halogens is 1. The molecule has 0 spiro atoms. The summed E-state index contributed by atoms with van der Waals surface area (Å²) in [5.74, 6) is 6.55. The lowest BCUT2D eigenvalue weighted by molar-refractivity contribution is 0.569. The van der Waals surface area contributed by atoms with E-state index in [4.69, 9.17) is 5.84 Å². The van der Waals surface area contributed by atoms with Crippen molar-refractivity contribution in [2.24, 2.45) is 5.84 Å². The maximum Gasteiger partial charge on any atom is 0.0420 e. The second kappa shape index (κ2) is 7.78. The number of hydrazine groups is 1. The minimum Gasteiger partial charge on any atom is -0.271 e. The Morgan fingerprint density at radius 2 is 2.00 bits per heavy atom. The molecule has 106 valence electrons. The number of thioether (sulfide) groups is 1. The number of hydrogen-bond acceptors (Lipinski definition) is 4. The molecule has 2 aromatic rings. The zero-order valence-electron chi connectivity index (χ0n) is 11.3. The van der Waals surface area contributed by atoms with Crippen LogP contribution in [0.1, 0.15) is 11.3 Å². The van der Waals surface area contributed by atoms with Crippen molar-refractivity contribution >= 4 is 27.7 Å². The van der Waals surface area contributed by atoms with E-state index in [1.54, 1.807) is 11.8 Å². The van der Waals surface area contributed by atoms with Gasteiger partial charge in [0.25, 0.3) is 0 Å². The van der Waals surface area contributed by atoms with Crippen molar-refractivity contribution in [2.45, 2.75) is 24.3 Å². The Hall–Kier alpha value is -0.880. The molecule has 3 N–H and O–H groups in total.